The molecule has 0 spiro atoms. The Labute approximate surface area is 167 Å². The first-order chi connectivity index (χ1) is 13.0. The number of rotatable bonds is 3. The Morgan fingerprint density at radius 1 is 1.19 bits per heavy atom. The number of halogens is 1. The molecule has 1 atom stereocenters. The normalized spacial score (nSPS) is 23.5. The maximum Gasteiger partial charge on any atom is 0.278 e. The molecule has 2 aliphatic rings. The molecular formula is C20H22FN3OS2. The zero-order chi connectivity index (χ0) is 19.0. The second-order valence-electron chi connectivity index (χ2n) is 7.16. The van der Waals surface area contributed by atoms with E-state index >= 15 is 0 Å². The van der Waals surface area contributed by atoms with Crippen LogP contribution in [0.4, 0.5) is 4.39 Å². The molecule has 2 aliphatic heterocycles. The number of carbonyl (C=O) groups is 1. The van der Waals surface area contributed by atoms with E-state index in [1.807, 2.05) is 4.90 Å². The lowest BCUT2D eigenvalue weighted by Gasteiger charge is -2.32. The minimum Gasteiger partial charge on any atom is -0.334 e. The van der Waals surface area contributed by atoms with Gasteiger partial charge in [0.1, 0.15) is 11.4 Å². The standard InChI is InChI=1S/C20H22FN3OS2/c1-14-11-17(26-12-14)20(15-3-5-16(21)6-4-15)13-27-18(22-20)19(25)24-9-7-23(2)8-10-24/h3-6,11-12H,7-10,13H2,1-2H3. The average molecular weight is 404 g/mol. The maximum atomic E-state index is 13.5. The zero-order valence-electron chi connectivity index (χ0n) is 15.4. The third kappa shape index (κ3) is 3.56. The Morgan fingerprint density at radius 3 is 2.52 bits per heavy atom. The van der Waals surface area contributed by atoms with E-state index in [4.69, 9.17) is 4.99 Å². The van der Waals surface area contributed by atoms with E-state index < -0.39 is 5.54 Å². The molecule has 1 saturated heterocycles. The largest absolute Gasteiger partial charge is 0.334 e. The molecule has 0 radical (unpaired) electrons. The lowest BCUT2D eigenvalue weighted by Crippen LogP contribution is -2.48. The van der Waals surface area contributed by atoms with Crippen molar-refractivity contribution in [1.29, 1.82) is 0 Å². The number of hydrogen-bond acceptors (Lipinski definition) is 5. The Morgan fingerprint density at radius 2 is 1.89 bits per heavy atom. The average Bonchev–Trinajstić information content (AvgIpc) is 3.30. The molecule has 1 aromatic carbocycles. The van der Waals surface area contributed by atoms with Crippen molar-refractivity contribution in [2.75, 3.05) is 39.0 Å². The number of carbonyl (C=O) groups excluding carboxylic acids is 1. The van der Waals surface area contributed by atoms with Gasteiger partial charge in [-0.2, -0.15) is 0 Å². The van der Waals surface area contributed by atoms with Crippen molar-refractivity contribution in [3.05, 3.63) is 57.5 Å². The van der Waals surface area contributed by atoms with Crippen LogP contribution in [0.15, 0.2) is 40.7 Å². The van der Waals surface area contributed by atoms with E-state index in [1.165, 1.54) is 29.5 Å². The molecular weight excluding hydrogens is 381 g/mol. The summed E-state index contributed by atoms with van der Waals surface area (Å²) < 4.78 is 13.5. The van der Waals surface area contributed by atoms with Gasteiger partial charge in [-0.3, -0.25) is 9.79 Å². The minimum atomic E-state index is -0.616. The smallest absolute Gasteiger partial charge is 0.278 e. The summed E-state index contributed by atoms with van der Waals surface area (Å²) in [6.45, 7) is 5.29. The van der Waals surface area contributed by atoms with Crippen LogP contribution in [0, 0.1) is 12.7 Å². The van der Waals surface area contributed by atoms with Crippen molar-refractivity contribution < 1.29 is 9.18 Å². The van der Waals surface area contributed by atoms with E-state index in [9.17, 15) is 9.18 Å². The first-order valence-corrected chi connectivity index (χ1v) is 10.9. The number of thiophene rings is 1. The number of benzene rings is 1. The van der Waals surface area contributed by atoms with Gasteiger partial charge in [0.25, 0.3) is 5.91 Å². The van der Waals surface area contributed by atoms with Crippen LogP contribution < -0.4 is 0 Å². The van der Waals surface area contributed by atoms with Gasteiger partial charge in [0.05, 0.1) is 0 Å². The molecule has 7 heteroatoms. The Hall–Kier alpha value is -1.70. The summed E-state index contributed by atoms with van der Waals surface area (Å²) in [5.74, 6) is 0.415. The molecule has 0 bridgehead atoms. The second kappa shape index (κ2) is 7.37. The fourth-order valence-corrected chi connectivity index (χ4v) is 5.82. The van der Waals surface area contributed by atoms with Crippen LogP contribution in [-0.4, -0.2) is 59.7 Å². The van der Waals surface area contributed by atoms with E-state index in [0.717, 1.165) is 36.6 Å². The molecule has 27 heavy (non-hydrogen) atoms. The first kappa shape index (κ1) is 18.7. The molecule has 0 N–H and O–H groups in total. The molecule has 2 aromatic rings. The summed E-state index contributed by atoms with van der Waals surface area (Å²) in [7, 11) is 2.07. The van der Waals surface area contributed by atoms with Crippen LogP contribution in [0.1, 0.15) is 16.0 Å². The molecule has 1 aromatic heterocycles. The van der Waals surface area contributed by atoms with E-state index in [2.05, 4.69) is 30.3 Å². The number of aryl methyl sites for hydroxylation is 1. The molecule has 142 valence electrons. The topological polar surface area (TPSA) is 35.9 Å². The first-order valence-electron chi connectivity index (χ1n) is 9.00. The summed E-state index contributed by atoms with van der Waals surface area (Å²) in [6, 6.07) is 8.65. The predicted molar refractivity (Wildman–Crippen MR) is 110 cm³/mol. The van der Waals surface area contributed by atoms with Crippen LogP contribution >= 0.6 is 23.1 Å². The van der Waals surface area contributed by atoms with E-state index in [-0.39, 0.29) is 11.7 Å². The molecule has 0 saturated carbocycles. The van der Waals surface area contributed by atoms with Gasteiger partial charge in [-0.05, 0) is 48.7 Å². The number of hydrogen-bond donors (Lipinski definition) is 0. The van der Waals surface area contributed by atoms with Crippen LogP contribution in [0.2, 0.25) is 0 Å². The van der Waals surface area contributed by atoms with Gasteiger partial charge in [-0.25, -0.2) is 4.39 Å². The van der Waals surface area contributed by atoms with Crippen molar-refractivity contribution in [2.45, 2.75) is 12.5 Å². The molecule has 1 fully saturated rings. The molecule has 4 nitrogen and oxygen atoms in total. The molecule has 0 aliphatic carbocycles. The lowest BCUT2D eigenvalue weighted by atomic mass is 9.90. The van der Waals surface area contributed by atoms with E-state index in [1.54, 1.807) is 23.5 Å². The van der Waals surface area contributed by atoms with Crippen molar-refractivity contribution in [3.63, 3.8) is 0 Å². The number of likely N-dealkylation sites (N-methyl/N-ethyl adjacent to an activating group) is 1. The summed E-state index contributed by atoms with van der Waals surface area (Å²) >= 11 is 3.16. The van der Waals surface area contributed by atoms with Gasteiger partial charge in [-0.1, -0.05) is 23.9 Å². The summed E-state index contributed by atoms with van der Waals surface area (Å²) in [4.78, 5) is 23.2. The third-order valence-electron chi connectivity index (χ3n) is 5.14. The van der Waals surface area contributed by atoms with Crippen LogP contribution in [0.25, 0.3) is 0 Å². The summed E-state index contributed by atoms with van der Waals surface area (Å²) in [5, 5.41) is 2.66. The van der Waals surface area contributed by atoms with Gasteiger partial charge in [0.2, 0.25) is 0 Å². The number of amides is 1. The molecule has 3 heterocycles. The fraction of sp³-hybridized carbons (Fsp3) is 0.400. The summed E-state index contributed by atoms with van der Waals surface area (Å²) in [5.41, 5.74) is 1.49. The number of aliphatic imine (C=N–C) groups is 1. The molecule has 1 unspecified atom stereocenters. The van der Waals surface area contributed by atoms with Gasteiger partial charge in [-0.15, -0.1) is 11.3 Å². The lowest BCUT2D eigenvalue weighted by molar-refractivity contribution is -0.125. The second-order valence-corrected chi connectivity index (χ2v) is 9.03. The summed E-state index contributed by atoms with van der Waals surface area (Å²) in [6.07, 6.45) is 0. The van der Waals surface area contributed by atoms with Crippen LogP contribution in [0.5, 0.6) is 0 Å². The van der Waals surface area contributed by atoms with Crippen LogP contribution in [0.3, 0.4) is 0 Å². The Kier molecular flexibility index (Phi) is 5.09. The highest BCUT2D eigenvalue weighted by atomic mass is 32.2. The van der Waals surface area contributed by atoms with Crippen molar-refractivity contribution in [2.24, 2.45) is 4.99 Å². The quantitative estimate of drug-likeness (QED) is 0.788. The van der Waals surface area contributed by atoms with Crippen molar-refractivity contribution in [1.82, 2.24) is 9.80 Å². The van der Waals surface area contributed by atoms with E-state index in [0.29, 0.717) is 10.8 Å². The minimum absolute atomic E-state index is 0.0189. The highest BCUT2D eigenvalue weighted by molar-refractivity contribution is 8.16. The van der Waals surface area contributed by atoms with Gasteiger partial charge in [0.15, 0.2) is 5.04 Å². The predicted octanol–water partition coefficient (Wildman–Crippen LogP) is 3.36. The van der Waals surface area contributed by atoms with Gasteiger partial charge < -0.3 is 9.80 Å². The number of nitrogens with zero attached hydrogens (tertiary/aromatic N) is 3. The Balaban J connectivity index is 1.70. The highest BCUT2D eigenvalue weighted by Crippen LogP contribution is 2.45. The maximum absolute atomic E-state index is 13.5. The number of piperazine rings is 1. The Bertz CT molecular complexity index is 872. The van der Waals surface area contributed by atoms with Gasteiger partial charge in [0, 0.05) is 36.8 Å². The van der Waals surface area contributed by atoms with Crippen LogP contribution in [-0.2, 0) is 10.3 Å². The SMILES string of the molecule is Cc1csc(C2(c3ccc(F)cc3)CSC(C(=O)N3CCN(C)CC3)=N2)c1. The monoisotopic (exact) mass is 403 g/mol. The number of thioether (sulfide) groups is 1. The highest BCUT2D eigenvalue weighted by Gasteiger charge is 2.43. The molecule has 1 amide bonds. The zero-order valence-corrected chi connectivity index (χ0v) is 17.1. The van der Waals surface area contributed by atoms with Crippen molar-refractivity contribution in [3.8, 4) is 0 Å². The van der Waals surface area contributed by atoms with Crippen molar-refractivity contribution >= 4 is 34.0 Å². The van der Waals surface area contributed by atoms with Gasteiger partial charge >= 0.3 is 0 Å². The fourth-order valence-electron chi connectivity index (χ4n) is 3.46. The molecule has 4 rings (SSSR count). The third-order valence-corrected chi connectivity index (χ3v) is 7.44.